The van der Waals surface area contributed by atoms with Crippen LogP contribution in [0.3, 0.4) is 0 Å². The number of carbonyl (C=O) groups is 1. The van der Waals surface area contributed by atoms with Gasteiger partial charge in [0.15, 0.2) is 0 Å². The molecule has 1 aromatic carbocycles. The van der Waals surface area contributed by atoms with E-state index in [1.54, 1.807) is 12.1 Å². The summed E-state index contributed by atoms with van der Waals surface area (Å²) < 4.78 is 12.7. The van der Waals surface area contributed by atoms with Gasteiger partial charge in [0.05, 0.1) is 5.75 Å². The maximum absolute atomic E-state index is 12.7. The minimum Gasteiger partial charge on any atom is -0.396 e. The Kier molecular flexibility index (Phi) is 7.52. The van der Waals surface area contributed by atoms with E-state index >= 15 is 0 Å². The molecule has 1 atom stereocenters. The van der Waals surface area contributed by atoms with Crippen LogP contribution in [0, 0.1) is 5.82 Å². The predicted molar refractivity (Wildman–Crippen MR) is 76.7 cm³/mol. The highest BCUT2D eigenvalue weighted by Gasteiger charge is 2.06. The average molecular weight is 285 g/mol. The van der Waals surface area contributed by atoms with Crippen molar-refractivity contribution in [3.8, 4) is 0 Å². The highest BCUT2D eigenvalue weighted by Crippen LogP contribution is 2.12. The van der Waals surface area contributed by atoms with E-state index in [0.29, 0.717) is 25.1 Å². The molecule has 0 saturated carbocycles. The van der Waals surface area contributed by atoms with E-state index in [1.165, 1.54) is 23.9 Å². The second-order valence-electron chi connectivity index (χ2n) is 4.36. The van der Waals surface area contributed by atoms with Gasteiger partial charge in [0.25, 0.3) is 0 Å². The second kappa shape index (κ2) is 8.93. The Bertz CT molecular complexity index is 384. The van der Waals surface area contributed by atoms with Gasteiger partial charge < -0.3 is 10.4 Å². The van der Waals surface area contributed by atoms with Crippen molar-refractivity contribution in [2.45, 2.75) is 25.0 Å². The lowest BCUT2D eigenvalue weighted by molar-refractivity contribution is -0.118. The fourth-order valence-corrected chi connectivity index (χ4v) is 2.34. The number of thioether (sulfide) groups is 1. The van der Waals surface area contributed by atoms with E-state index in [1.807, 2.05) is 6.92 Å². The molecule has 0 aliphatic heterocycles. The summed E-state index contributed by atoms with van der Waals surface area (Å²) in [7, 11) is 0. The number of carbonyl (C=O) groups excluding carboxylic acids is 1. The van der Waals surface area contributed by atoms with Crippen molar-refractivity contribution < 1.29 is 14.3 Å². The van der Waals surface area contributed by atoms with Gasteiger partial charge in [-0.1, -0.05) is 19.1 Å². The number of halogens is 1. The first-order valence-electron chi connectivity index (χ1n) is 6.35. The molecule has 0 radical (unpaired) electrons. The molecule has 106 valence electrons. The Labute approximate surface area is 117 Å². The molecule has 0 aromatic heterocycles. The van der Waals surface area contributed by atoms with E-state index < -0.39 is 0 Å². The predicted octanol–water partition coefficient (Wildman–Crippen LogP) is 1.99. The monoisotopic (exact) mass is 285 g/mol. The van der Waals surface area contributed by atoms with Crippen LogP contribution >= 0.6 is 11.8 Å². The molecule has 0 fully saturated rings. The standard InChI is InChI=1S/C14H20FNO2S/c1-11(7-9-17)19-10-14(18)16-8-6-12-2-4-13(15)5-3-12/h2-5,11,17H,6-10H2,1H3,(H,16,18). The van der Waals surface area contributed by atoms with Crippen molar-refractivity contribution in [2.75, 3.05) is 18.9 Å². The lowest BCUT2D eigenvalue weighted by Gasteiger charge is -2.09. The molecular weight excluding hydrogens is 265 g/mol. The summed E-state index contributed by atoms with van der Waals surface area (Å²) in [4.78, 5) is 11.5. The Morgan fingerprint density at radius 3 is 2.74 bits per heavy atom. The Hall–Kier alpha value is -1.07. The smallest absolute Gasteiger partial charge is 0.230 e. The quantitative estimate of drug-likeness (QED) is 0.768. The third-order valence-electron chi connectivity index (χ3n) is 2.68. The Morgan fingerprint density at radius 2 is 2.11 bits per heavy atom. The van der Waals surface area contributed by atoms with Crippen LogP contribution in [0.15, 0.2) is 24.3 Å². The van der Waals surface area contributed by atoms with Gasteiger partial charge in [-0.2, -0.15) is 0 Å². The highest BCUT2D eigenvalue weighted by molar-refractivity contribution is 8.00. The van der Waals surface area contributed by atoms with Crippen molar-refractivity contribution in [1.82, 2.24) is 5.32 Å². The van der Waals surface area contributed by atoms with Gasteiger partial charge in [0, 0.05) is 18.4 Å². The highest BCUT2D eigenvalue weighted by atomic mass is 32.2. The molecule has 0 aliphatic carbocycles. The van der Waals surface area contributed by atoms with E-state index in [-0.39, 0.29) is 23.6 Å². The van der Waals surface area contributed by atoms with Gasteiger partial charge in [-0.15, -0.1) is 11.8 Å². The van der Waals surface area contributed by atoms with Gasteiger partial charge in [-0.3, -0.25) is 4.79 Å². The molecule has 1 unspecified atom stereocenters. The van der Waals surface area contributed by atoms with Gasteiger partial charge in [0.2, 0.25) is 5.91 Å². The number of rotatable bonds is 8. The fourth-order valence-electron chi connectivity index (χ4n) is 1.53. The summed E-state index contributed by atoms with van der Waals surface area (Å²) >= 11 is 1.54. The van der Waals surface area contributed by atoms with Crippen molar-refractivity contribution in [1.29, 1.82) is 0 Å². The molecule has 1 amide bonds. The number of benzene rings is 1. The van der Waals surface area contributed by atoms with Crippen LogP contribution in [-0.4, -0.2) is 35.2 Å². The molecule has 0 spiro atoms. The lowest BCUT2D eigenvalue weighted by atomic mass is 10.1. The van der Waals surface area contributed by atoms with Crippen LogP contribution in [0.2, 0.25) is 0 Å². The van der Waals surface area contributed by atoms with Crippen molar-refractivity contribution >= 4 is 17.7 Å². The van der Waals surface area contributed by atoms with E-state index in [2.05, 4.69) is 5.32 Å². The lowest BCUT2D eigenvalue weighted by Crippen LogP contribution is -2.28. The van der Waals surface area contributed by atoms with E-state index in [4.69, 9.17) is 5.11 Å². The normalized spacial score (nSPS) is 12.2. The maximum atomic E-state index is 12.7. The largest absolute Gasteiger partial charge is 0.396 e. The van der Waals surface area contributed by atoms with Crippen molar-refractivity contribution in [3.05, 3.63) is 35.6 Å². The van der Waals surface area contributed by atoms with E-state index in [9.17, 15) is 9.18 Å². The molecule has 0 bridgehead atoms. The first-order valence-corrected chi connectivity index (χ1v) is 7.40. The molecule has 3 nitrogen and oxygen atoms in total. The summed E-state index contributed by atoms with van der Waals surface area (Å²) in [5, 5.41) is 11.9. The zero-order chi connectivity index (χ0) is 14.1. The summed E-state index contributed by atoms with van der Waals surface area (Å²) in [6, 6.07) is 6.28. The maximum Gasteiger partial charge on any atom is 0.230 e. The van der Waals surface area contributed by atoms with Gasteiger partial charge in [-0.25, -0.2) is 4.39 Å². The van der Waals surface area contributed by atoms with Crippen LogP contribution in [-0.2, 0) is 11.2 Å². The average Bonchev–Trinajstić information content (AvgIpc) is 2.39. The second-order valence-corrected chi connectivity index (χ2v) is 5.79. The number of nitrogens with one attached hydrogen (secondary N) is 1. The van der Waals surface area contributed by atoms with Gasteiger partial charge in [-0.05, 0) is 30.5 Å². The summed E-state index contributed by atoms with van der Waals surface area (Å²) in [6.45, 7) is 2.70. The van der Waals surface area contributed by atoms with Crippen LogP contribution in [0.4, 0.5) is 4.39 Å². The zero-order valence-electron chi connectivity index (χ0n) is 11.1. The summed E-state index contributed by atoms with van der Waals surface area (Å²) in [5.74, 6) is 0.156. The zero-order valence-corrected chi connectivity index (χ0v) is 11.9. The minimum absolute atomic E-state index is 0.00287. The molecule has 0 heterocycles. The minimum atomic E-state index is -0.248. The third kappa shape index (κ3) is 7.18. The molecule has 1 aromatic rings. The van der Waals surface area contributed by atoms with Crippen LogP contribution in [0.25, 0.3) is 0 Å². The summed E-state index contributed by atoms with van der Waals surface area (Å²) in [6.07, 6.45) is 1.40. The van der Waals surface area contributed by atoms with Crippen LogP contribution in [0.1, 0.15) is 18.9 Å². The first-order chi connectivity index (χ1) is 9.11. The molecule has 5 heteroatoms. The number of aliphatic hydroxyl groups excluding tert-OH is 1. The molecule has 1 rings (SSSR count). The Balaban J connectivity index is 2.15. The van der Waals surface area contributed by atoms with Gasteiger partial charge >= 0.3 is 0 Å². The number of aliphatic hydroxyl groups is 1. The topological polar surface area (TPSA) is 49.3 Å². The Morgan fingerprint density at radius 1 is 1.42 bits per heavy atom. The molecule has 19 heavy (non-hydrogen) atoms. The van der Waals surface area contributed by atoms with Gasteiger partial charge in [0.1, 0.15) is 5.82 Å². The molecule has 0 saturated heterocycles. The number of hydrogen-bond donors (Lipinski definition) is 2. The fraction of sp³-hybridized carbons (Fsp3) is 0.500. The molecule has 2 N–H and O–H groups in total. The third-order valence-corrected chi connectivity index (χ3v) is 3.92. The van der Waals surface area contributed by atoms with Crippen LogP contribution < -0.4 is 5.32 Å². The molecular formula is C14H20FNO2S. The van der Waals surface area contributed by atoms with E-state index in [0.717, 1.165) is 5.56 Å². The SMILES string of the molecule is CC(CCO)SCC(=O)NCCc1ccc(F)cc1. The first kappa shape index (κ1) is 16.0. The van der Waals surface area contributed by atoms with Crippen LogP contribution in [0.5, 0.6) is 0 Å². The van der Waals surface area contributed by atoms with Crippen molar-refractivity contribution in [2.24, 2.45) is 0 Å². The summed E-state index contributed by atoms with van der Waals surface area (Å²) in [5.41, 5.74) is 1.00. The number of hydrogen-bond acceptors (Lipinski definition) is 3. The molecule has 0 aliphatic rings. The van der Waals surface area contributed by atoms with Crippen molar-refractivity contribution in [3.63, 3.8) is 0 Å². The number of amides is 1.